The summed E-state index contributed by atoms with van der Waals surface area (Å²) >= 11 is 0. The highest BCUT2D eigenvalue weighted by atomic mass is 16.6. The van der Waals surface area contributed by atoms with Crippen LogP contribution in [0.5, 0.6) is 0 Å². The maximum atomic E-state index is 11.3. The van der Waals surface area contributed by atoms with Crippen molar-refractivity contribution in [1.29, 1.82) is 0 Å². The van der Waals surface area contributed by atoms with Gasteiger partial charge in [0.15, 0.2) is 6.29 Å². The van der Waals surface area contributed by atoms with Crippen LogP contribution in [0.25, 0.3) is 0 Å². The molecule has 0 saturated carbocycles. The molecule has 0 amide bonds. The Morgan fingerprint density at radius 1 is 1.33 bits per heavy atom. The number of hydrogen-bond acceptors (Lipinski definition) is 4. The van der Waals surface area contributed by atoms with Crippen molar-refractivity contribution < 1.29 is 9.72 Å². The van der Waals surface area contributed by atoms with E-state index in [1.807, 2.05) is 0 Å². The summed E-state index contributed by atoms with van der Waals surface area (Å²) in [7, 11) is 0. The number of non-ortho nitro benzene ring substituents is 1. The van der Waals surface area contributed by atoms with E-state index < -0.39 is 4.92 Å². The summed E-state index contributed by atoms with van der Waals surface area (Å²) in [6.07, 6.45) is 4.12. The van der Waals surface area contributed by atoms with Crippen molar-refractivity contribution in [2.45, 2.75) is 33.1 Å². The van der Waals surface area contributed by atoms with Crippen molar-refractivity contribution in [3.8, 4) is 0 Å². The second-order valence-electron chi connectivity index (χ2n) is 6.04. The molecule has 1 aromatic carbocycles. The number of rotatable bonds is 4. The number of benzene rings is 1. The molecule has 114 valence electrons. The van der Waals surface area contributed by atoms with E-state index in [0.29, 0.717) is 23.7 Å². The standard InChI is InChI=1S/C16H22N2O3/c1-12(2)13-4-3-8-17(9-7-13)16-6-5-15(18(20)21)10-14(16)11-19/h5-6,10-13H,3-4,7-9H2,1-2H3. The number of anilines is 1. The van der Waals surface area contributed by atoms with Crippen molar-refractivity contribution in [3.05, 3.63) is 33.9 Å². The fourth-order valence-electron chi connectivity index (χ4n) is 3.07. The van der Waals surface area contributed by atoms with Crippen LogP contribution in [-0.2, 0) is 0 Å². The van der Waals surface area contributed by atoms with E-state index in [1.54, 1.807) is 6.07 Å². The largest absolute Gasteiger partial charge is 0.371 e. The lowest BCUT2D eigenvalue weighted by Crippen LogP contribution is -2.25. The first-order valence-electron chi connectivity index (χ1n) is 7.51. The Morgan fingerprint density at radius 3 is 2.71 bits per heavy atom. The van der Waals surface area contributed by atoms with Gasteiger partial charge in [0.25, 0.3) is 5.69 Å². The first kappa shape index (κ1) is 15.5. The second-order valence-corrected chi connectivity index (χ2v) is 6.04. The maximum Gasteiger partial charge on any atom is 0.270 e. The summed E-state index contributed by atoms with van der Waals surface area (Å²) in [5.41, 5.74) is 1.20. The van der Waals surface area contributed by atoms with Gasteiger partial charge in [0.05, 0.1) is 4.92 Å². The van der Waals surface area contributed by atoms with Gasteiger partial charge in [-0.1, -0.05) is 13.8 Å². The minimum Gasteiger partial charge on any atom is -0.371 e. The number of nitro benzene ring substituents is 1. The molecular formula is C16H22N2O3. The van der Waals surface area contributed by atoms with E-state index in [-0.39, 0.29) is 5.69 Å². The number of nitro groups is 1. The van der Waals surface area contributed by atoms with Crippen molar-refractivity contribution in [3.63, 3.8) is 0 Å². The third-order valence-electron chi connectivity index (χ3n) is 4.41. The molecule has 0 aliphatic carbocycles. The number of carbonyl (C=O) groups is 1. The Bertz CT molecular complexity index is 528. The number of nitrogens with zero attached hydrogens (tertiary/aromatic N) is 2. The summed E-state index contributed by atoms with van der Waals surface area (Å²) < 4.78 is 0. The molecule has 1 aliphatic heterocycles. The molecule has 1 saturated heterocycles. The van der Waals surface area contributed by atoms with E-state index in [4.69, 9.17) is 0 Å². The number of aldehydes is 1. The molecule has 0 N–H and O–H groups in total. The Kier molecular flexibility index (Phi) is 4.94. The lowest BCUT2D eigenvalue weighted by atomic mass is 9.89. The van der Waals surface area contributed by atoms with E-state index >= 15 is 0 Å². The monoisotopic (exact) mass is 290 g/mol. The second kappa shape index (κ2) is 6.70. The van der Waals surface area contributed by atoms with Gasteiger partial charge in [-0.2, -0.15) is 0 Å². The normalized spacial score (nSPS) is 19.4. The van der Waals surface area contributed by atoms with Gasteiger partial charge in [-0.3, -0.25) is 14.9 Å². The fraction of sp³-hybridized carbons (Fsp3) is 0.562. The van der Waals surface area contributed by atoms with Crippen molar-refractivity contribution >= 4 is 17.7 Å². The Labute approximate surface area is 125 Å². The third-order valence-corrected chi connectivity index (χ3v) is 4.41. The molecule has 0 spiro atoms. The summed E-state index contributed by atoms with van der Waals surface area (Å²) in [4.78, 5) is 23.8. The Morgan fingerprint density at radius 2 is 2.10 bits per heavy atom. The molecule has 0 bridgehead atoms. The van der Waals surface area contributed by atoms with Gasteiger partial charge >= 0.3 is 0 Å². The average molecular weight is 290 g/mol. The third kappa shape index (κ3) is 3.60. The van der Waals surface area contributed by atoms with Crippen molar-refractivity contribution in [1.82, 2.24) is 0 Å². The van der Waals surface area contributed by atoms with Crippen molar-refractivity contribution in [2.24, 2.45) is 11.8 Å². The lowest BCUT2D eigenvalue weighted by molar-refractivity contribution is -0.384. The minimum absolute atomic E-state index is 0.0317. The highest BCUT2D eigenvalue weighted by Crippen LogP contribution is 2.30. The van der Waals surface area contributed by atoms with E-state index in [9.17, 15) is 14.9 Å². The van der Waals surface area contributed by atoms with Crippen LogP contribution in [0.15, 0.2) is 18.2 Å². The summed E-state index contributed by atoms with van der Waals surface area (Å²) in [6.45, 7) is 6.31. The van der Waals surface area contributed by atoms with E-state index in [2.05, 4.69) is 18.7 Å². The number of hydrogen-bond donors (Lipinski definition) is 0. The fourth-order valence-corrected chi connectivity index (χ4v) is 3.07. The molecule has 2 rings (SSSR count). The van der Waals surface area contributed by atoms with Gasteiger partial charge in [0, 0.05) is 36.5 Å². The minimum atomic E-state index is -0.464. The molecule has 0 aromatic heterocycles. The van der Waals surface area contributed by atoms with Crippen molar-refractivity contribution in [2.75, 3.05) is 18.0 Å². The van der Waals surface area contributed by atoms with Gasteiger partial charge in [-0.15, -0.1) is 0 Å². The van der Waals surface area contributed by atoms with Crippen LogP contribution in [0.2, 0.25) is 0 Å². The predicted octanol–water partition coefficient (Wildman–Crippen LogP) is 3.67. The first-order chi connectivity index (χ1) is 10.0. The zero-order chi connectivity index (χ0) is 15.4. The molecule has 1 unspecified atom stereocenters. The zero-order valence-corrected chi connectivity index (χ0v) is 12.6. The van der Waals surface area contributed by atoms with E-state index in [1.165, 1.54) is 18.6 Å². The van der Waals surface area contributed by atoms with Gasteiger partial charge in [-0.25, -0.2) is 0 Å². The molecule has 1 atom stereocenters. The summed E-state index contributed by atoms with van der Waals surface area (Å²) in [6, 6.07) is 4.55. The van der Waals surface area contributed by atoms with Gasteiger partial charge < -0.3 is 4.90 Å². The van der Waals surface area contributed by atoms with Gasteiger partial charge in [0.2, 0.25) is 0 Å². The molecule has 0 radical (unpaired) electrons. The van der Waals surface area contributed by atoms with Crippen LogP contribution in [0.1, 0.15) is 43.5 Å². The molecule has 1 aliphatic rings. The van der Waals surface area contributed by atoms with E-state index in [0.717, 1.165) is 31.6 Å². The quantitative estimate of drug-likeness (QED) is 0.482. The van der Waals surface area contributed by atoms with Crippen LogP contribution in [0.3, 0.4) is 0 Å². The topological polar surface area (TPSA) is 63.4 Å². The highest BCUT2D eigenvalue weighted by molar-refractivity contribution is 5.86. The molecule has 5 heteroatoms. The number of carbonyl (C=O) groups excluding carboxylic acids is 1. The SMILES string of the molecule is CC(C)C1CCCN(c2ccc([N+](=O)[O-])cc2C=O)CC1. The average Bonchev–Trinajstić information content (AvgIpc) is 2.72. The summed E-state index contributed by atoms with van der Waals surface area (Å²) in [5.74, 6) is 1.39. The van der Waals surface area contributed by atoms with Crippen LogP contribution >= 0.6 is 0 Å². The van der Waals surface area contributed by atoms with Crippen LogP contribution < -0.4 is 4.90 Å². The van der Waals surface area contributed by atoms with Crippen LogP contribution in [0, 0.1) is 22.0 Å². The zero-order valence-electron chi connectivity index (χ0n) is 12.6. The molecule has 1 fully saturated rings. The summed E-state index contributed by atoms with van der Waals surface area (Å²) in [5, 5.41) is 10.8. The van der Waals surface area contributed by atoms with Crippen LogP contribution in [-0.4, -0.2) is 24.3 Å². The molecule has 1 heterocycles. The Balaban J connectivity index is 2.21. The van der Waals surface area contributed by atoms with Crippen LogP contribution in [0.4, 0.5) is 11.4 Å². The van der Waals surface area contributed by atoms with Gasteiger partial charge in [-0.05, 0) is 37.2 Å². The molecule has 1 aromatic rings. The predicted molar refractivity (Wildman–Crippen MR) is 82.9 cm³/mol. The molecular weight excluding hydrogens is 268 g/mol. The first-order valence-corrected chi connectivity index (χ1v) is 7.51. The maximum absolute atomic E-state index is 11.3. The smallest absolute Gasteiger partial charge is 0.270 e. The Hall–Kier alpha value is -1.91. The molecule has 5 nitrogen and oxygen atoms in total. The highest BCUT2D eigenvalue weighted by Gasteiger charge is 2.22. The lowest BCUT2D eigenvalue weighted by Gasteiger charge is -2.24. The van der Waals surface area contributed by atoms with Gasteiger partial charge in [0.1, 0.15) is 0 Å². The molecule has 21 heavy (non-hydrogen) atoms.